The Balaban J connectivity index is 0.000000414. The Morgan fingerprint density at radius 1 is 0.919 bits per heavy atom. The number of nitrogens with zero attached hydrogens (tertiary/aromatic N) is 2. The number of piperidine rings is 1. The highest BCUT2D eigenvalue weighted by molar-refractivity contribution is 5.97. The summed E-state index contributed by atoms with van der Waals surface area (Å²) in [6, 6.07) is 17.1. The molecule has 0 radical (unpaired) electrons. The molecule has 37 heavy (non-hydrogen) atoms. The van der Waals surface area contributed by atoms with Gasteiger partial charge in [0.1, 0.15) is 0 Å². The van der Waals surface area contributed by atoms with E-state index in [0.29, 0.717) is 30.3 Å². The van der Waals surface area contributed by atoms with Crippen molar-refractivity contribution in [2.45, 2.75) is 51.5 Å². The van der Waals surface area contributed by atoms with E-state index in [0.717, 1.165) is 44.6 Å². The van der Waals surface area contributed by atoms with Gasteiger partial charge in [0.25, 0.3) is 0 Å². The highest BCUT2D eigenvalue weighted by Crippen LogP contribution is 2.28. The zero-order chi connectivity index (χ0) is 26.6. The molecule has 0 atom stereocenters. The number of fused-ring (bicyclic) bond motifs is 1. The van der Waals surface area contributed by atoms with Gasteiger partial charge < -0.3 is 15.1 Å². The van der Waals surface area contributed by atoms with Gasteiger partial charge in [0.15, 0.2) is 5.78 Å². The number of carboxylic acid groups (broad SMARTS) is 2. The summed E-state index contributed by atoms with van der Waals surface area (Å²) in [5.74, 6) is -1.51. The zero-order valence-electron chi connectivity index (χ0n) is 21.6. The van der Waals surface area contributed by atoms with Crippen LogP contribution < -0.4 is 4.90 Å². The lowest BCUT2D eigenvalue weighted by molar-refractivity contribution is -0.134. The lowest BCUT2D eigenvalue weighted by Gasteiger charge is -2.32. The number of carbonyl (C=O) groups excluding carboxylic acids is 1. The number of carbonyl (C=O) groups is 3. The minimum Gasteiger partial charge on any atom is -0.478 e. The van der Waals surface area contributed by atoms with Crippen molar-refractivity contribution >= 4 is 23.4 Å². The molecule has 0 aromatic heterocycles. The summed E-state index contributed by atoms with van der Waals surface area (Å²) in [7, 11) is 2.15. The maximum absolute atomic E-state index is 12.8. The lowest BCUT2D eigenvalue weighted by atomic mass is 9.90. The van der Waals surface area contributed by atoms with Crippen LogP contribution in [0.2, 0.25) is 0 Å². The Labute approximate surface area is 219 Å². The fourth-order valence-electron chi connectivity index (χ4n) is 4.99. The van der Waals surface area contributed by atoms with Crippen molar-refractivity contribution in [2.24, 2.45) is 5.92 Å². The number of anilines is 1. The molecule has 7 heteroatoms. The third-order valence-corrected chi connectivity index (χ3v) is 7.11. The molecule has 2 N–H and O–H groups in total. The quantitative estimate of drug-likeness (QED) is 0.382. The highest BCUT2D eigenvalue weighted by atomic mass is 16.4. The van der Waals surface area contributed by atoms with Gasteiger partial charge in [0.05, 0.1) is 0 Å². The SMILES string of the molecule is CN1CCCCc2ccc(C(=O)CCC3CCN(Cc4ccccc4)CC3)cc21.O=C(O)/C=C/C(=O)O. The van der Waals surface area contributed by atoms with Gasteiger partial charge in [0.2, 0.25) is 0 Å². The molecule has 0 aliphatic carbocycles. The minimum atomic E-state index is -1.26. The summed E-state index contributed by atoms with van der Waals surface area (Å²) in [6.07, 6.45) is 8.88. The van der Waals surface area contributed by atoms with Crippen LogP contribution in [0.3, 0.4) is 0 Å². The van der Waals surface area contributed by atoms with E-state index in [4.69, 9.17) is 10.2 Å². The summed E-state index contributed by atoms with van der Waals surface area (Å²) in [5.41, 5.74) is 4.96. The Morgan fingerprint density at radius 2 is 1.59 bits per heavy atom. The summed E-state index contributed by atoms with van der Waals surface area (Å²) in [6.45, 7) is 4.44. The van der Waals surface area contributed by atoms with Crippen LogP contribution in [-0.2, 0) is 22.6 Å². The Kier molecular flexibility index (Phi) is 10.9. The Morgan fingerprint density at radius 3 is 2.24 bits per heavy atom. The van der Waals surface area contributed by atoms with E-state index in [9.17, 15) is 14.4 Å². The highest BCUT2D eigenvalue weighted by Gasteiger charge is 2.21. The summed E-state index contributed by atoms with van der Waals surface area (Å²) in [5, 5.41) is 15.6. The van der Waals surface area contributed by atoms with Gasteiger partial charge in [0, 0.05) is 50.0 Å². The van der Waals surface area contributed by atoms with Crippen LogP contribution >= 0.6 is 0 Å². The second-order valence-corrected chi connectivity index (χ2v) is 9.90. The topological polar surface area (TPSA) is 98.2 Å². The molecule has 0 unspecified atom stereocenters. The van der Waals surface area contributed by atoms with E-state index >= 15 is 0 Å². The van der Waals surface area contributed by atoms with E-state index in [2.05, 4.69) is 65.4 Å². The first-order chi connectivity index (χ1) is 17.8. The van der Waals surface area contributed by atoms with Crippen LogP contribution in [0.1, 0.15) is 60.0 Å². The van der Waals surface area contributed by atoms with E-state index in [1.165, 1.54) is 42.5 Å². The molecule has 2 aliphatic heterocycles. The van der Waals surface area contributed by atoms with Crippen LogP contribution in [0.25, 0.3) is 0 Å². The van der Waals surface area contributed by atoms with Crippen molar-refractivity contribution < 1.29 is 24.6 Å². The number of aryl methyl sites for hydroxylation is 1. The van der Waals surface area contributed by atoms with Crippen LogP contribution in [0.4, 0.5) is 5.69 Å². The third-order valence-electron chi connectivity index (χ3n) is 7.11. The standard InChI is InChI=1S/C26H34N2O.C4H4O4/c1-27-16-6-5-9-23-11-12-24(19-25(23)27)26(29)13-10-21-14-17-28(18-15-21)20-22-7-3-2-4-8-22;5-3(6)1-2-4(7)8/h2-4,7-8,11-12,19,21H,5-6,9-10,13-18,20H2,1H3;1-2H,(H,5,6)(H,7,8)/b;2-1+. The third kappa shape index (κ3) is 9.50. The number of hydrogen-bond acceptors (Lipinski definition) is 5. The van der Waals surface area contributed by atoms with E-state index in [1.807, 2.05) is 0 Å². The van der Waals surface area contributed by atoms with Gasteiger partial charge in [-0.2, -0.15) is 0 Å². The molecular formula is C30H38N2O5. The normalized spacial score (nSPS) is 16.4. The van der Waals surface area contributed by atoms with Crippen LogP contribution in [0, 0.1) is 5.92 Å². The van der Waals surface area contributed by atoms with Gasteiger partial charge in [-0.1, -0.05) is 42.5 Å². The summed E-state index contributed by atoms with van der Waals surface area (Å²) >= 11 is 0. The van der Waals surface area contributed by atoms with Gasteiger partial charge in [-0.25, -0.2) is 9.59 Å². The average Bonchev–Trinajstić information content (AvgIpc) is 3.08. The predicted octanol–water partition coefficient (Wildman–Crippen LogP) is 5.05. The molecule has 0 spiro atoms. The molecular weight excluding hydrogens is 468 g/mol. The lowest BCUT2D eigenvalue weighted by Crippen LogP contribution is -2.33. The first-order valence-corrected chi connectivity index (χ1v) is 13.1. The molecule has 2 aromatic rings. The molecule has 2 aromatic carbocycles. The van der Waals surface area contributed by atoms with Crippen LogP contribution in [0.15, 0.2) is 60.7 Å². The first-order valence-electron chi connectivity index (χ1n) is 13.1. The molecule has 198 valence electrons. The average molecular weight is 507 g/mol. The summed E-state index contributed by atoms with van der Waals surface area (Å²) < 4.78 is 0. The largest absolute Gasteiger partial charge is 0.478 e. The van der Waals surface area contributed by atoms with Crippen LogP contribution in [0.5, 0.6) is 0 Å². The van der Waals surface area contributed by atoms with Gasteiger partial charge >= 0.3 is 11.9 Å². The maximum atomic E-state index is 12.8. The zero-order valence-corrected chi connectivity index (χ0v) is 21.6. The number of benzene rings is 2. The predicted molar refractivity (Wildman–Crippen MR) is 145 cm³/mol. The van der Waals surface area contributed by atoms with Crippen molar-refractivity contribution in [1.82, 2.24) is 4.90 Å². The molecule has 0 bridgehead atoms. The molecule has 1 fully saturated rings. The van der Waals surface area contributed by atoms with Crippen LogP contribution in [-0.4, -0.2) is 59.5 Å². The number of carboxylic acids is 2. The smallest absolute Gasteiger partial charge is 0.328 e. The number of rotatable bonds is 8. The molecule has 2 heterocycles. The maximum Gasteiger partial charge on any atom is 0.328 e. The second-order valence-electron chi connectivity index (χ2n) is 9.90. The van der Waals surface area contributed by atoms with Gasteiger partial charge in [-0.15, -0.1) is 0 Å². The molecule has 4 rings (SSSR count). The number of ketones is 1. The van der Waals surface area contributed by atoms with Crippen molar-refractivity contribution in [2.75, 3.05) is 31.6 Å². The number of Topliss-reactive ketones (excluding diaryl/α,β-unsaturated/α-hetero) is 1. The van der Waals surface area contributed by atoms with E-state index in [-0.39, 0.29) is 0 Å². The Hall–Kier alpha value is -3.45. The molecule has 0 saturated carbocycles. The number of hydrogen-bond donors (Lipinski definition) is 2. The molecule has 1 saturated heterocycles. The van der Waals surface area contributed by atoms with Crippen molar-refractivity contribution in [3.63, 3.8) is 0 Å². The van der Waals surface area contributed by atoms with Gasteiger partial charge in [-0.3, -0.25) is 9.69 Å². The summed E-state index contributed by atoms with van der Waals surface area (Å²) in [4.78, 5) is 36.8. The van der Waals surface area contributed by atoms with E-state index in [1.54, 1.807) is 0 Å². The van der Waals surface area contributed by atoms with Crippen molar-refractivity contribution in [3.05, 3.63) is 77.4 Å². The Bertz CT molecular complexity index is 1060. The second kappa shape index (κ2) is 14.3. The van der Waals surface area contributed by atoms with Gasteiger partial charge in [-0.05, 0) is 74.7 Å². The number of likely N-dealkylation sites (tertiary alicyclic amines) is 1. The van der Waals surface area contributed by atoms with Crippen molar-refractivity contribution in [1.29, 1.82) is 0 Å². The fraction of sp³-hybridized carbons (Fsp3) is 0.433. The monoisotopic (exact) mass is 506 g/mol. The van der Waals surface area contributed by atoms with Crippen molar-refractivity contribution in [3.8, 4) is 0 Å². The fourth-order valence-corrected chi connectivity index (χ4v) is 4.99. The molecule has 2 aliphatic rings. The molecule has 0 amide bonds. The number of aliphatic carboxylic acids is 2. The van der Waals surface area contributed by atoms with E-state index < -0.39 is 11.9 Å². The first kappa shape index (κ1) is 28.1. The minimum absolute atomic E-state index is 0.317. The molecule has 7 nitrogen and oxygen atoms in total.